The maximum Gasteiger partial charge on any atom is -0.0116 e. The van der Waals surface area contributed by atoms with Crippen LogP contribution < -0.4 is 26.5 Å². The van der Waals surface area contributed by atoms with Crippen LogP contribution in [0, 0.1) is 61.3 Å². The SMILES string of the molecule is Cc1cc(C)cc(P(c2cc(C)cc(C)c2)c2ccccc2C2CCCC2[C@H](C)P(c2cc(C)cc(C)c2)c2cc(C)cc(C)c2)c1. The van der Waals surface area contributed by atoms with Gasteiger partial charge in [-0.15, -0.1) is 0 Å². The van der Waals surface area contributed by atoms with Gasteiger partial charge in [0.2, 0.25) is 0 Å². The van der Waals surface area contributed by atoms with Gasteiger partial charge in [0.1, 0.15) is 0 Å². The lowest BCUT2D eigenvalue weighted by atomic mass is 9.87. The van der Waals surface area contributed by atoms with E-state index in [2.05, 4.69) is 159 Å². The molecular weight excluding hydrogens is 602 g/mol. The second-order valence-electron chi connectivity index (χ2n) is 14.6. The van der Waals surface area contributed by atoms with E-state index in [-0.39, 0.29) is 0 Å². The van der Waals surface area contributed by atoms with Gasteiger partial charge in [-0.2, -0.15) is 0 Å². The first kappa shape index (κ1) is 33.8. The lowest BCUT2D eigenvalue weighted by molar-refractivity contribution is 0.480. The highest BCUT2D eigenvalue weighted by Crippen LogP contribution is 2.53. The van der Waals surface area contributed by atoms with Crippen LogP contribution in [-0.4, -0.2) is 5.66 Å². The Morgan fingerprint density at radius 3 is 1.30 bits per heavy atom. The van der Waals surface area contributed by atoms with Gasteiger partial charge < -0.3 is 0 Å². The average Bonchev–Trinajstić information content (AvgIpc) is 3.46. The molecule has 0 nitrogen and oxygen atoms in total. The molecule has 0 radical (unpaired) electrons. The van der Waals surface area contributed by atoms with E-state index in [0.717, 1.165) is 0 Å². The van der Waals surface area contributed by atoms with Crippen molar-refractivity contribution < 1.29 is 0 Å². The van der Waals surface area contributed by atoms with Gasteiger partial charge >= 0.3 is 0 Å². The van der Waals surface area contributed by atoms with Crippen molar-refractivity contribution in [2.45, 2.75) is 93.2 Å². The summed E-state index contributed by atoms with van der Waals surface area (Å²) >= 11 is 0. The molecule has 5 aromatic rings. The molecule has 0 aromatic heterocycles. The molecule has 6 rings (SSSR count). The monoisotopic (exact) mass is 654 g/mol. The van der Waals surface area contributed by atoms with Crippen molar-refractivity contribution in [2.24, 2.45) is 5.92 Å². The smallest absolute Gasteiger partial charge is 0.0116 e. The summed E-state index contributed by atoms with van der Waals surface area (Å²) in [5, 5.41) is 7.60. The third-order valence-electron chi connectivity index (χ3n) is 10.1. The molecule has 1 aliphatic rings. The fourth-order valence-corrected chi connectivity index (χ4v) is 14.8. The number of benzene rings is 5. The van der Waals surface area contributed by atoms with Crippen molar-refractivity contribution in [3.63, 3.8) is 0 Å². The summed E-state index contributed by atoms with van der Waals surface area (Å²) in [5.41, 5.74) is 13.1. The van der Waals surface area contributed by atoms with Crippen LogP contribution >= 0.6 is 15.8 Å². The second kappa shape index (κ2) is 14.2. The summed E-state index contributed by atoms with van der Waals surface area (Å²) in [6.07, 6.45) is 3.89. The van der Waals surface area contributed by atoms with Crippen LogP contribution in [0.4, 0.5) is 0 Å². The van der Waals surface area contributed by atoms with Crippen molar-refractivity contribution in [3.05, 3.63) is 147 Å². The predicted octanol–water partition coefficient (Wildman–Crippen LogP) is 10.3. The molecule has 0 bridgehead atoms. The molecule has 0 N–H and O–H groups in total. The molecule has 1 saturated carbocycles. The van der Waals surface area contributed by atoms with E-state index in [4.69, 9.17) is 0 Å². The van der Waals surface area contributed by atoms with Gasteiger partial charge in [-0.3, -0.25) is 0 Å². The van der Waals surface area contributed by atoms with Gasteiger partial charge in [0, 0.05) is 0 Å². The van der Waals surface area contributed by atoms with E-state index in [0.29, 0.717) is 17.5 Å². The molecule has 2 unspecified atom stereocenters. The summed E-state index contributed by atoms with van der Waals surface area (Å²) < 4.78 is 0. The zero-order valence-electron chi connectivity index (χ0n) is 30.0. The zero-order valence-corrected chi connectivity index (χ0v) is 31.8. The predicted molar refractivity (Wildman–Crippen MR) is 212 cm³/mol. The Morgan fingerprint density at radius 1 is 0.489 bits per heavy atom. The Kier molecular flexibility index (Phi) is 10.2. The highest BCUT2D eigenvalue weighted by molar-refractivity contribution is 7.80. The molecule has 0 amide bonds. The minimum Gasteiger partial charge on any atom is -0.0619 e. The van der Waals surface area contributed by atoms with Crippen LogP contribution in [0.3, 0.4) is 0 Å². The van der Waals surface area contributed by atoms with E-state index in [1.54, 1.807) is 21.5 Å². The zero-order chi connectivity index (χ0) is 33.4. The van der Waals surface area contributed by atoms with Crippen molar-refractivity contribution in [1.29, 1.82) is 0 Å². The maximum absolute atomic E-state index is 2.60. The maximum atomic E-state index is 2.60. The fraction of sp³-hybridized carbons (Fsp3) is 0.333. The first-order valence-corrected chi connectivity index (χ1v) is 20.2. The van der Waals surface area contributed by atoms with Gasteiger partial charge in [0.25, 0.3) is 0 Å². The van der Waals surface area contributed by atoms with E-state index in [9.17, 15) is 0 Å². The Balaban J connectivity index is 1.49. The van der Waals surface area contributed by atoms with Crippen LogP contribution in [0.1, 0.15) is 82.2 Å². The third-order valence-corrected chi connectivity index (χ3v) is 15.3. The molecule has 47 heavy (non-hydrogen) atoms. The minimum absolute atomic E-state index is 0.530. The number of hydrogen-bond acceptors (Lipinski definition) is 0. The topological polar surface area (TPSA) is 0 Å². The van der Waals surface area contributed by atoms with Gasteiger partial charge in [-0.25, -0.2) is 0 Å². The van der Waals surface area contributed by atoms with Crippen molar-refractivity contribution in [1.82, 2.24) is 0 Å². The number of hydrogen-bond donors (Lipinski definition) is 0. The Morgan fingerprint density at radius 2 is 0.872 bits per heavy atom. The fourth-order valence-electron chi connectivity index (χ4n) is 8.53. The Bertz CT molecular complexity index is 1720. The van der Waals surface area contributed by atoms with Crippen LogP contribution in [-0.2, 0) is 0 Å². The molecule has 0 heterocycles. The molecule has 242 valence electrons. The van der Waals surface area contributed by atoms with Gasteiger partial charge in [-0.1, -0.05) is 155 Å². The standard InChI is InChI=1S/C45H52P2/c1-29-17-30(2)22-38(21-29)46(39-23-31(3)18-32(4)24-39)37(9)42-14-12-15-43(42)44-13-10-11-16-45(44)47(40-25-33(5)19-34(6)26-40)41-27-35(7)20-36(8)28-41/h10-11,13,16-28,37,42-43H,12,14-15H2,1-9H3/t37-,42?,43?/m0/s1. The lowest BCUT2D eigenvalue weighted by Crippen LogP contribution is -2.31. The summed E-state index contributed by atoms with van der Waals surface area (Å²) in [4.78, 5) is 0. The van der Waals surface area contributed by atoms with E-state index in [1.165, 1.54) is 74.4 Å². The molecular formula is C45H52P2. The van der Waals surface area contributed by atoms with E-state index >= 15 is 0 Å². The first-order valence-electron chi connectivity index (χ1n) is 17.5. The van der Waals surface area contributed by atoms with Crippen LogP contribution in [0.2, 0.25) is 0 Å². The van der Waals surface area contributed by atoms with E-state index < -0.39 is 15.8 Å². The average molecular weight is 655 g/mol. The second-order valence-corrected chi connectivity index (χ2v) is 19.4. The molecule has 1 aliphatic carbocycles. The minimum atomic E-state index is -0.701. The number of rotatable bonds is 8. The summed E-state index contributed by atoms with van der Waals surface area (Å²) in [6, 6.07) is 38.7. The molecule has 1 fully saturated rings. The molecule has 0 spiro atoms. The summed E-state index contributed by atoms with van der Waals surface area (Å²) in [5.74, 6) is 1.20. The molecule has 2 heteroatoms. The summed E-state index contributed by atoms with van der Waals surface area (Å²) in [6.45, 7) is 20.7. The quantitative estimate of drug-likeness (QED) is 0.146. The van der Waals surface area contributed by atoms with Gasteiger partial charge in [0.05, 0.1) is 0 Å². The van der Waals surface area contributed by atoms with Crippen LogP contribution in [0.15, 0.2) is 97.1 Å². The van der Waals surface area contributed by atoms with Crippen LogP contribution in [0.5, 0.6) is 0 Å². The van der Waals surface area contributed by atoms with Gasteiger partial charge in [-0.05, 0) is 134 Å². The van der Waals surface area contributed by atoms with Crippen molar-refractivity contribution >= 4 is 42.4 Å². The van der Waals surface area contributed by atoms with E-state index in [1.807, 2.05) is 0 Å². The van der Waals surface area contributed by atoms with Gasteiger partial charge in [0.15, 0.2) is 0 Å². The normalized spacial score (nSPS) is 17.1. The third kappa shape index (κ3) is 7.51. The number of aryl methyl sites for hydroxylation is 8. The summed E-state index contributed by atoms with van der Waals surface area (Å²) in [7, 11) is -1.23. The first-order chi connectivity index (χ1) is 22.5. The Hall–Kier alpha value is -3.04. The van der Waals surface area contributed by atoms with Crippen molar-refractivity contribution in [2.75, 3.05) is 0 Å². The molecule has 0 aliphatic heterocycles. The highest BCUT2D eigenvalue weighted by atomic mass is 31.1. The molecule has 0 saturated heterocycles. The lowest BCUT2D eigenvalue weighted by Gasteiger charge is -2.36. The Labute approximate surface area is 287 Å². The largest absolute Gasteiger partial charge is 0.0619 e. The van der Waals surface area contributed by atoms with Crippen LogP contribution in [0.25, 0.3) is 0 Å². The van der Waals surface area contributed by atoms with Crippen molar-refractivity contribution in [3.8, 4) is 0 Å². The highest BCUT2D eigenvalue weighted by Gasteiger charge is 2.39. The molecule has 5 aromatic carbocycles. The molecule has 3 atom stereocenters.